The molecule has 0 spiro atoms. The molecule has 1 saturated heterocycles. The lowest BCUT2D eigenvalue weighted by Gasteiger charge is -2.33. The molecular formula is C16H23N3O4. The van der Waals surface area contributed by atoms with Crippen molar-refractivity contribution in [2.45, 2.75) is 32.8 Å². The Morgan fingerprint density at radius 1 is 1.57 bits per heavy atom. The molecule has 0 saturated carbocycles. The number of aryl methyl sites for hydroxylation is 1. The Morgan fingerprint density at radius 2 is 2.30 bits per heavy atom. The third kappa shape index (κ3) is 4.74. The minimum Gasteiger partial charge on any atom is -0.393 e. The number of non-ortho nitro benzene ring substituents is 1. The zero-order valence-corrected chi connectivity index (χ0v) is 13.5. The number of likely N-dealkylation sites (tertiary alicyclic amines) is 1. The second-order valence-corrected chi connectivity index (χ2v) is 6.18. The number of nitro groups is 1. The number of nitro benzene ring substituents is 1. The van der Waals surface area contributed by atoms with Gasteiger partial charge in [0.25, 0.3) is 5.69 Å². The maximum Gasteiger partial charge on any atom is 0.269 e. The molecule has 1 fully saturated rings. The average molecular weight is 321 g/mol. The lowest BCUT2D eigenvalue weighted by molar-refractivity contribution is -0.384. The summed E-state index contributed by atoms with van der Waals surface area (Å²) in [5, 5.41) is 23.2. The topological polar surface area (TPSA) is 95.7 Å². The number of anilines is 1. The van der Waals surface area contributed by atoms with Crippen LogP contribution in [0.4, 0.5) is 11.4 Å². The largest absolute Gasteiger partial charge is 0.393 e. The van der Waals surface area contributed by atoms with Crippen molar-refractivity contribution >= 4 is 17.3 Å². The monoisotopic (exact) mass is 321 g/mol. The van der Waals surface area contributed by atoms with E-state index in [1.165, 1.54) is 12.1 Å². The van der Waals surface area contributed by atoms with Crippen LogP contribution in [0, 0.1) is 23.0 Å². The Bertz CT molecular complexity index is 589. The molecule has 1 aliphatic heterocycles. The first-order valence-electron chi connectivity index (χ1n) is 7.82. The molecule has 7 heteroatoms. The van der Waals surface area contributed by atoms with E-state index < -0.39 is 4.92 Å². The molecule has 2 unspecified atom stereocenters. The van der Waals surface area contributed by atoms with Crippen molar-refractivity contribution < 1.29 is 14.8 Å². The molecule has 1 aromatic rings. The Labute approximate surface area is 135 Å². The number of carbonyl (C=O) groups is 1. The number of benzene rings is 1. The van der Waals surface area contributed by atoms with E-state index in [-0.39, 0.29) is 30.2 Å². The fourth-order valence-electron chi connectivity index (χ4n) is 2.92. The van der Waals surface area contributed by atoms with E-state index in [2.05, 4.69) is 5.32 Å². The Hall–Kier alpha value is -1.99. The second-order valence-electron chi connectivity index (χ2n) is 6.18. The van der Waals surface area contributed by atoms with Crippen LogP contribution in [0.3, 0.4) is 0 Å². The summed E-state index contributed by atoms with van der Waals surface area (Å²) in [4.78, 5) is 24.5. The molecule has 126 valence electrons. The molecule has 0 aromatic heterocycles. The van der Waals surface area contributed by atoms with Gasteiger partial charge < -0.3 is 10.4 Å². The number of aliphatic hydroxyl groups excluding tert-OH is 1. The van der Waals surface area contributed by atoms with Gasteiger partial charge in [0.1, 0.15) is 0 Å². The fourth-order valence-corrected chi connectivity index (χ4v) is 2.92. The molecule has 2 atom stereocenters. The van der Waals surface area contributed by atoms with Crippen LogP contribution in [0.15, 0.2) is 18.2 Å². The first-order valence-corrected chi connectivity index (χ1v) is 7.82. The second kappa shape index (κ2) is 7.52. The van der Waals surface area contributed by atoms with Crippen molar-refractivity contribution in [2.24, 2.45) is 5.92 Å². The summed E-state index contributed by atoms with van der Waals surface area (Å²) < 4.78 is 0. The van der Waals surface area contributed by atoms with Gasteiger partial charge in [0, 0.05) is 24.4 Å². The van der Waals surface area contributed by atoms with Crippen molar-refractivity contribution in [2.75, 3.05) is 25.0 Å². The summed E-state index contributed by atoms with van der Waals surface area (Å²) in [6.45, 7) is 5.33. The molecule has 0 bridgehead atoms. The zero-order valence-electron chi connectivity index (χ0n) is 13.5. The molecular weight excluding hydrogens is 298 g/mol. The maximum atomic E-state index is 12.2. The molecule has 1 amide bonds. The van der Waals surface area contributed by atoms with E-state index >= 15 is 0 Å². The van der Waals surface area contributed by atoms with E-state index in [1.54, 1.807) is 19.9 Å². The standard InChI is InChI=1S/C16H23N3O4/c1-11-8-14(19(22)23)5-6-15(11)17-16(21)10-18-7-3-4-13(9-18)12(2)20/h5-6,8,12-13,20H,3-4,7,9-10H2,1-2H3,(H,17,21). The van der Waals surface area contributed by atoms with Gasteiger partial charge in [-0.05, 0) is 50.8 Å². The van der Waals surface area contributed by atoms with Crippen molar-refractivity contribution in [3.63, 3.8) is 0 Å². The number of hydrogen-bond donors (Lipinski definition) is 2. The van der Waals surface area contributed by atoms with E-state index in [9.17, 15) is 20.0 Å². The molecule has 0 aliphatic carbocycles. The number of nitrogens with zero attached hydrogens (tertiary/aromatic N) is 2. The predicted octanol–water partition coefficient (Wildman–Crippen LogP) is 1.93. The number of carbonyl (C=O) groups excluding carboxylic acids is 1. The van der Waals surface area contributed by atoms with Crippen LogP contribution >= 0.6 is 0 Å². The predicted molar refractivity (Wildman–Crippen MR) is 87.3 cm³/mol. The third-order valence-electron chi connectivity index (χ3n) is 4.29. The number of nitrogens with one attached hydrogen (secondary N) is 1. The normalized spacial score (nSPS) is 20.0. The lowest BCUT2D eigenvalue weighted by atomic mass is 9.93. The van der Waals surface area contributed by atoms with Crippen LogP contribution < -0.4 is 5.32 Å². The number of aliphatic hydroxyl groups is 1. The highest BCUT2D eigenvalue weighted by molar-refractivity contribution is 5.93. The highest BCUT2D eigenvalue weighted by atomic mass is 16.6. The van der Waals surface area contributed by atoms with Gasteiger partial charge in [-0.15, -0.1) is 0 Å². The minimum absolute atomic E-state index is 0.0105. The van der Waals surface area contributed by atoms with Crippen molar-refractivity contribution in [3.05, 3.63) is 33.9 Å². The van der Waals surface area contributed by atoms with Crippen LogP contribution in [0.5, 0.6) is 0 Å². The number of amides is 1. The van der Waals surface area contributed by atoms with Crippen LogP contribution in [-0.2, 0) is 4.79 Å². The van der Waals surface area contributed by atoms with E-state index in [1.807, 2.05) is 4.90 Å². The lowest BCUT2D eigenvalue weighted by Crippen LogP contribution is -2.43. The molecule has 0 radical (unpaired) electrons. The van der Waals surface area contributed by atoms with Crippen molar-refractivity contribution in [1.82, 2.24) is 4.90 Å². The summed E-state index contributed by atoms with van der Waals surface area (Å²) in [5.74, 6) is 0.0610. The van der Waals surface area contributed by atoms with Crippen LogP contribution in [0.2, 0.25) is 0 Å². The van der Waals surface area contributed by atoms with Crippen LogP contribution in [0.1, 0.15) is 25.3 Å². The van der Waals surface area contributed by atoms with Gasteiger partial charge in [-0.25, -0.2) is 0 Å². The number of rotatable bonds is 5. The van der Waals surface area contributed by atoms with Gasteiger partial charge in [0.2, 0.25) is 5.91 Å². The maximum absolute atomic E-state index is 12.2. The summed E-state index contributed by atoms with van der Waals surface area (Å²) in [5.41, 5.74) is 1.26. The molecule has 1 aliphatic rings. The van der Waals surface area contributed by atoms with E-state index in [0.29, 0.717) is 17.8 Å². The first kappa shape index (κ1) is 17.4. The van der Waals surface area contributed by atoms with Gasteiger partial charge in [-0.3, -0.25) is 19.8 Å². The Balaban J connectivity index is 1.93. The highest BCUT2D eigenvalue weighted by Gasteiger charge is 2.24. The number of hydrogen-bond acceptors (Lipinski definition) is 5. The number of piperidine rings is 1. The van der Waals surface area contributed by atoms with Crippen molar-refractivity contribution in [3.8, 4) is 0 Å². The van der Waals surface area contributed by atoms with E-state index in [4.69, 9.17) is 0 Å². The average Bonchev–Trinajstić information content (AvgIpc) is 2.49. The van der Waals surface area contributed by atoms with Gasteiger partial charge in [-0.1, -0.05) is 0 Å². The van der Waals surface area contributed by atoms with Gasteiger partial charge in [0.15, 0.2) is 0 Å². The van der Waals surface area contributed by atoms with Gasteiger partial charge >= 0.3 is 0 Å². The van der Waals surface area contributed by atoms with Crippen LogP contribution in [0.25, 0.3) is 0 Å². The Morgan fingerprint density at radius 3 is 2.91 bits per heavy atom. The summed E-state index contributed by atoms with van der Waals surface area (Å²) in [7, 11) is 0. The summed E-state index contributed by atoms with van der Waals surface area (Å²) in [6.07, 6.45) is 1.59. The minimum atomic E-state index is -0.456. The molecule has 23 heavy (non-hydrogen) atoms. The Kier molecular flexibility index (Phi) is 5.68. The first-order chi connectivity index (χ1) is 10.9. The molecule has 2 N–H and O–H groups in total. The zero-order chi connectivity index (χ0) is 17.0. The fraction of sp³-hybridized carbons (Fsp3) is 0.562. The van der Waals surface area contributed by atoms with Gasteiger partial charge in [-0.2, -0.15) is 0 Å². The van der Waals surface area contributed by atoms with Gasteiger partial charge in [0.05, 0.1) is 17.6 Å². The van der Waals surface area contributed by atoms with Crippen LogP contribution in [-0.4, -0.2) is 46.6 Å². The molecule has 1 aromatic carbocycles. The highest BCUT2D eigenvalue weighted by Crippen LogP contribution is 2.22. The van der Waals surface area contributed by atoms with E-state index in [0.717, 1.165) is 19.4 Å². The molecule has 7 nitrogen and oxygen atoms in total. The SMILES string of the molecule is Cc1cc([N+](=O)[O-])ccc1NC(=O)CN1CCCC(C(C)O)C1. The molecule has 2 rings (SSSR count). The van der Waals surface area contributed by atoms with Crippen molar-refractivity contribution in [1.29, 1.82) is 0 Å². The summed E-state index contributed by atoms with van der Waals surface area (Å²) in [6, 6.07) is 4.38. The quantitative estimate of drug-likeness (QED) is 0.638. The smallest absolute Gasteiger partial charge is 0.269 e. The summed E-state index contributed by atoms with van der Waals surface area (Å²) >= 11 is 0. The molecule has 1 heterocycles. The third-order valence-corrected chi connectivity index (χ3v) is 4.29.